The van der Waals surface area contributed by atoms with E-state index in [1.807, 2.05) is 34.6 Å². The minimum absolute atomic E-state index is 0.271. The first-order chi connectivity index (χ1) is 9.59. The second-order valence-electron chi connectivity index (χ2n) is 7.00. The van der Waals surface area contributed by atoms with E-state index in [-0.39, 0.29) is 18.6 Å². The molecule has 1 atom stereocenters. The molecular formula is C15H28N2O4. The number of piperazine rings is 1. The molecule has 0 aromatic carbocycles. The summed E-state index contributed by atoms with van der Waals surface area (Å²) in [6, 6.07) is 0. The normalized spacial score (nSPS) is 23.1. The highest BCUT2D eigenvalue weighted by Gasteiger charge is 2.45. The maximum Gasteiger partial charge on any atom is 0.410 e. The van der Waals surface area contributed by atoms with E-state index in [4.69, 9.17) is 9.47 Å². The zero-order valence-electron chi connectivity index (χ0n) is 14.0. The van der Waals surface area contributed by atoms with Gasteiger partial charge in [-0.3, -0.25) is 5.32 Å². The van der Waals surface area contributed by atoms with Gasteiger partial charge in [0.15, 0.2) is 0 Å². The van der Waals surface area contributed by atoms with E-state index < -0.39 is 11.1 Å². The summed E-state index contributed by atoms with van der Waals surface area (Å²) < 4.78 is 10.3. The molecule has 0 saturated carbocycles. The summed E-state index contributed by atoms with van der Waals surface area (Å²) in [5, 5.41) is 3.24. The molecule has 6 heteroatoms. The lowest BCUT2D eigenvalue weighted by atomic mass is 9.86. The molecule has 6 nitrogen and oxygen atoms in total. The smallest absolute Gasteiger partial charge is 0.410 e. The molecule has 1 heterocycles. The molecular weight excluding hydrogens is 272 g/mol. The minimum Gasteiger partial charge on any atom is -0.468 e. The number of ether oxygens (including phenoxy) is 2. The molecule has 0 bridgehead atoms. The number of carbonyl (C=O) groups is 2. The van der Waals surface area contributed by atoms with Crippen LogP contribution in [0.3, 0.4) is 0 Å². The first-order valence-corrected chi connectivity index (χ1v) is 7.41. The number of rotatable bonds is 3. The second-order valence-corrected chi connectivity index (χ2v) is 7.00. The van der Waals surface area contributed by atoms with Gasteiger partial charge in [-0.15, -0.1) is 0 Å². The Morgan fingerprint density at radius 2 is 1.95 bits per heavy atom. The maximum atomic E-state index is 12.2. The molecule has 21 heavy (non-hydrogen) atoms. The third kappa shape index (κ3) is 4.88. The van der Waals surface area contributed by atoms with Gasteiger partial charge in [0.25, 0.3) is 0 Å². The highest BCUT2D eigenvalue weighted by molar-refractivity contribution is 5.82. The quantitative estimate of drug-likeness (QED) is 0.805. The Morgan fingerprint density at radius 1 is 1.33 bits per heavy atom. The average Bonchev–Trinajstić information content (AvgIpc) is 2.35. The molecule has 0 aromatic rings. The molecule has 1 aliphatic heterocycles. The lowest BCUT2D eigenvalue weighted by molar-refractivity contribution is -0.151. The SMILES string of the molecule is COC(=O)C1(CC(C)C)CN(C(=O)OC(C)(C)C)CCN1. The molecule has 1 fully saturated rings. The van der Waals surface area contributed by atoms with Gasteiger partial charge in [0.05, 0.1) is 13.7 Å². The maximum absolute atomic E-state index is 12.2. The van der Waals surface area contributed by atoms with Crippen molar-refractivity contribution >= 4 is 12.1 Å². The molecule has 1 amide bonds. The fourth-order valence-electron chi connectivity index (χ4n) is 2.62. The first kappa shape index (κ1) is 17.8. The van der Waals surface area contributed by atoms with Crippen LogP contribution >= 0.6 is 0 Å². The number of hydrogen-bond donors (Lipinski definition) is 1. The Labute approximate surface area is 127 Å². The molecule has 122 valence electrons. The van der Waals surface area contributed by atoms with Crippen LogP contribution in [0.2, 0.25) is 0 Å². The van der Waals surface area contributed by atoms with Crippen molar-refractivity contribution in [2.45, 2.75) is 52.2 Å². The van der Waals surface area contributed by atoms with Crippen LogP contribution in [0.25, 0.3) is 0 Å². The summed E-state index contributed by atoms with van der Waals surface area (Å²) in [5.74, 6) is -0.0281. The molecule has 1 rings (SSSR count). The van der Waals surface area contributed by atoms with E-state index in [0.29, 0.717) is 25.4 Å². The monoisotopic (exact) mass is 300 g/mol. The molecule has 0 aromatic heterocycles. The predicted octanol–water partition coefficient (Wildman–Crippen LogP) is 1.78. The van der Waals surface area contributed by atoms with E-state index in [0.717, 1.165) is 0 Å². The molecule has 1 aliphatic rings. The second kappa shape index (κ2) is 6.64. The number of methoxy groups -OCH3 is 1. The lowest BCUT2D eigenvalue weighted by Gasteiger charge is -2.42. The average molecular weight is 300 g/mol. The van der Waals surface area contributed by atoms with Gasteiger partial charge in [-0.1, -0.05) is 13.8 Å². The predicted molar refractivity (Wildman–Crippen MR) is 80.0 cm³/mol. The summed E-state index contributed by atoms with van der Waals surface area (Å²) >= 11 is 0. The summed E-state index contributed by atoms with van der Waals surface area (Å²) in [7, 11) is 1.37. The van der Waals surface area contributed by atoms with E-state index in [2.05, 4.69) is 5.32 Å². The standard InChI is InChI=1S/C15H28N2O4/c1-11(2)9-15(12(18)20-6)10-17(8-7-16-15)13(19)21-14(3,4)5/h11,16H,7-10H2,1-6H3. The lowest BCUT2D eigenvalue weighted by Crippen LogP contribution is -2.66. The number of esters is 1. The van der Waals surface area contributed by atoms with Crippen molar-refractivity contribution in [3.63, 3.8) is 0 Å². The summed E-state index contributed by atoms with van der Waals surface area (Å²) in [4.78, 5) is 26.0. The van der Waals surface area contributed by atoms with Crippen LogP contribution in [0, 0.1) is 5.92 Å². The van der Waals surface area contributed by atoms with Gasteiger partial charge < -0.3 is 14.4 Å². The van der Waals surface area contributed by atoms with Crippen molar-refractivity contribution in [3.05, 3.63) is 0 Å². The van der Waals surface area contributed by atoms with E-state index in [1.165, 1.54) is 7.11 Å². The van der Waals surface area contributed by atoms with Crippen LogP contribution in [0.5, 0.6) is 0 Å². The number of nitrogens with one attached hydrogen (secondary N) is 1. The van der Waals surface area contributed by atoms with Gasteiger partial charge >= 0.3 is 12.1 Å². The first-order valence-electron chi connectivity index (χ1n) is 7.41. The van der Waals surface area contributed by atoms with Crippen LogP contribution in [0.4, 0.5) is 4.79 Å². The van der Waals surface area contributed by atoms with Gasteiger partial charge in [0.1, 0.15) is 11.1 Å². The largest absolute Gasteiger partial charge is 0.468 e. The van der Waals surface area contributed by atoms with Crippen molar-refractivity contribution in [1.82, 2.24) is 10.2 Å². The summed E-state index contributed by atoms with van der Waals surface area (Å²) in [6.45, 7) is 10.9. The highest BCUT2D eigenvalue weighted by Crippen LogP contribution is 2.24. The third-order valence-electron chi connectivity index (χ3n) is 3.29. The Kier molecular flexibility index (Phi) is 5.61. The fourth-order valence-corrected chi connectivity index (χ4v) is 2.62. The van der Waals surface area contributed by atoms with Crippen LogP contribution in [-0.2, 0) is 14.3 Å². The molecule has 0 radical (unpaired) electrons. The van der Waals surface area contributed by atoms with Crippen molar-refractivity contribution < 1.29 is 19.1 Å². The molecule has 0 spiro atoms. The molecule has 1 saturated heterocycles. The topological polar surface area (TPSA) is 67.9 Å². The number of hydrogen-bond acceptors (Lipinski definition) is 5. The van der Waals surface area contributed by atoms with Gasteiger partial charge in [0.2, 0.25) is 0 Å². The van der Waals surface area contributed by atoms with Crippen molar-refractivity contribution in [1.29, 1.82) is 0 Å². The van der Waals surface area contributed by atoms with Crippen LogP contribution in [-0.4, -0.2) is 54.8 Å². The number of nitrogens with zero attached hydrogens (tertiary/aromatic N) is 1. The highest BCUT2D eigenvalue weighted by atomic mass is 16.6. The van der Waals surface area contributed by atoms with E-state index >= 15 is 0 Å². The van der Waals surface area contributed by atoms with Crippen LogP contribution < -0.4 is 5.32 Å². The summed E-state index contributed by atoms with van der Waals surface area (Å²) in [6.07, 6.45) is 0.222. The summed E-state index contributed by atoms with van der Waals surface area (Å²) in [5.41, 5.74) is -1.40. The fraction of sp³-hybridized carbons (Fsp3) is 0.867. The van der Waals surface area contributed by atoms with Crippen molar-refractivity contribution in [3.8, 4) is 0 Å². The van der Waals surface area contributed by atoms with Crippen molar-refractivity contribution in [2.75, 3.05) is 26.7 Å². The Balaban J connectivity index is 2.88. The Bertz CT molecular complexity index is 390. The third-order valence-corrected chi connectivity index (χ3v) is 3.29. The molecule has 1 unspecified atom stereocenters. The Hall–Kier alpha value is -1.30. The van der Waals surface area contributed by atoms with Gasteiger partial charge in [-0.25, -0.2) is 9.59 Å². The zero-order valence-corrected chi connectivity index (χ0v) is 14.0. The minimum atomic E-state index is -0.849. The van der Waals surface area contributed by atoms with Crippen LogP contribution in [0.15, 0.2) is 0 Å². The van der Waals surface area contributed by atoms with Gasteiger partial charge in [-0.2, -0.15) is 0 Å². The molecule has 1 N–H and O–H groups in total. The Morgan fingerprint density at radius 3 is 2.43 bits per heavy atom. The van der Waals surface area contributed by atoms with E-state index in [1.54, 1.807) is 4.90 Å². The number of carbonyl (C=O) groups excluding carboxylic acids is 2. The van der Waals surface area contributed by atoms with Gasteiger partial charge in [0, 0.05) is 13.1 Å². The van der Waals surface area contributed by atoms with E-state index in [9.17, 15) is 9.59 Å². The molecule has 0 aliphatic carbocycles. The van der Waals surface area contributed by atoms with Gasteiger partial charge in [-0.05, 0) is 33.1 Å². The zero-order chi connectivity index (χ0) is 16.3. The van der Waals surface area contributed by atoms with Crippen molar-refractivity contribution in [2.24, 2.45) is 5.92 Å². The number of amides is 1. The van der Waals surface area contributed by atoms with Crippen LogP contribution in [0.1, 0.15) is 41.0 Å².